The van der Waals surface area contributed by atoms with Crippen LogP contribution < -0.4 is 0 Å². The highest BCUT2D eigenvalue weighted by Gasteiger charge is 2.07. The van der Waals surface area contributed by atoms with E-state index >= 15 is 0 Å². The second kappa shape index (κ2) is 5.59. The van der Waals surface area contributed by atoms with E-state index in [1.54, 1.807) is 42.6 Å². The SMILES string of the molecule is O=C(/C=C/c1ccc(O)cc1)c1cccc2cccnc12. The Morgan fingerprint density at radius 3 is 2.57 bits per heavy atom. The van der Waals surface area contributed by atoms with Crippen molar-refractivity contribution >= 4 is 22.8 Å². The van der Waals surface area contributed by atoms with Crippen molar-refractivity contribution in [1.82, 2.24) is 4.98 Å². The van der Waals surface area contributed by atoms with Crippen molar-refractivity contribution in [3.8, 4) is 5.75 Å². The number of ketones is 1. The Kier molecular flexibility index (Phi) is 3.48. The number of hydrogen-bond acceptors (Lipinski definition) is 3. The second-order valence-electron chi connectivity index (χ2n) is 4.67. The smallest absolute Gasteiger partial charge is 0.188 e. The lowest BCUT2D eigenvalue weighted by molar-refractivity contribution is 0.104. The number of para-hydroxylation sites is 1. The first-order valence-corrected chi connectivity index (χ1v) is 6.59. The Morgan fingerprint density at radius 1 is 1.00 bits per heavy atom. The molecule has 3 rings (SSSR count). The number of nitrogens with zero attached hydrogens (tertiary/aromatic N) is 1. The Labute approximate surface area is 122 Å². The number of aromatic nitrogens is 1. The lowest BCUT2D eigenvalue weighted by Crippen LogP contribution is -1.96. The Bertz CT molecular complexity index is 815. The number of fused-ring (bicyclic) bond motifs is 1. The van der Waals surface area contributed by atoms with Gasteiger partial charge in [-0.2, -0.15) is 0 Å². The maximum atomic E-state index is 12.3. The maximum Gasteiger partial charge on any atom is 0.188 e. The lowest BCUT2D eigenvalue weighted by atomic mass is 10.0. The highest BCUT2D eigenvalue weighted by Crippen LogP contribution is 2.17. The Balaban J connectivity index is 1.92. The first-order chi connectivity index (χ1) is 10.2. The molecular weight excluding hydrogens is 262 g/mol. The van der Waals surface area contributed by atoms with E-state index in [1.165, 1.54) is 6.08 Å². The van der Waals surface area contributed by atoms with Gasteiger partial charge in [-0.05, 0) is 35.9 Å². The molecule has 3 nitrogen and oxygen atoms in total. The van der Waals surface area contributed by atoms with Crippen molar-refractivity contribution in [2.75, 3.05) is 0 Å². The molecule has 0 unspecified atom stereocenters. The third-order valence-corrected chi connectivity index (χ3v) is 3.22. The van der Waals surface area contributed by atoms with Gasteiger partial charge in [-0.1, -0.05) is 36.4 Å². The van der Waals surface area contributed by atoms with Crippen molar-refractivity contribution in [3.63, 3.8) is 0 Å². The summed E-state index contributed by atoms with van der Waals surface area (Å²) in [6.07, 6.45) is 4.93. The summed E-state index contributed by atoms with van der Waals surface area (Å²) in [4.78, 5) is 16.6. The molecule has 1 aromatic heterocycles. The molecule has 0 aliphatic heterocycles. The molecule has 0 fully saturated rings. The molecule has 0 bridgehead atoms. The summed E-state index contributed by atoms with van der Waals surface area (Å²) in [5.41, 5.74) is 2.15. The number of carbonyl (C=O) groups excluding carboxylic acids is 1. The lowest BCUT2D eigenvalue weighted by Gasteiger charge is -2.01. The summed E-state index contributed by atoms with van der Waals surface area (Å²) in [7, 11) is 0. The number of benzene rings is 2. The summed E-state index contributed by atoms with van der Waals surface area (Å²) in [5.74, 6) is 0.115. The molecule has 0 aliphatic rings. The van der Waals surface area contributed by atoms with Crippen LogP contribution in [0, 0.1) is 0 Å². The molecule has 0 spiro atoms. The van der Waals surface area contributed by atoms with Gasteiger partial charge in [0.05, 0.1) is 5.52 Å². The highest BCUT2D eigenvalue weighted by atomic mass is 16.3. The largest absolute Gasteiger partial charge is 0.508 e. The van der Waals surface area contributed by atoms with Crippen LogP contribution in [0.25, 0.3) is 17.0 Å². The van der Waals surface area contributed by atoms with Gasteiger partial charge in [0.15, 0.2) is 5.78 Å². The minimum atomic E-state index is -0.0904. The molecule has 1 heterocycles. The first kappa shape index (κ1) is 13.1. The molecule has 0 radical (unpaired) electrons. The van der Waals surface area contributed by atoms with Crippen molar-refractivity contribution in [1.29, 1.82) is 0 Å². The quantitative estimate of drug-likeness (QED) is 0.583. The predicted octanol–water partition coefficient (Wildman–Crippen LogP) is 3.84. The van der Waals surface area contributed by atoms with E-state index in [1.807, 2.05) is 24.3 Å². The van der Waals surface area contributed by atoms with E-state index < -0.39 is 0 Å². The molecule has 0 saturated heterocycles. The van der Waals surface area contributed by atoms with Crippen LogP contribution in [0.5, 0.6) is 5.75 Å². The van der Waals surface area contributed by atoms with Gasteiger partial charge >= 0.3 is 0 Å². The minimum absolute atomic E-state index is 0.0904. The fourth-order valence-corrected chi connectivity index (χ4v) is 2.15. The van der Waals surface area contributed by atoms with Gasteiger partial charge in [-0.3, -0.25) is 9.78 Å². The highest BCUT2D eigenvalue weighted by molar-refractivity contribution is 6.13. The number of phenols is 1. The van der Waals surface area contributed by atoms with E-state index in [2.05, 4.69) is 4.98 Å². The average molecular weight is 275 g/mol. The molecule has 21 heavy (non-hydrogen) atoms. The molecule has 102 valence electrons. The van der Waals surface area contributed by atoms with Crippen LogP contribution in [0.4, 0.5) is 0 Å². The topological polar surface area (TPSA) is 50.2 Å². The van der Waals surface area contributed by atoms with Gasteiger partial charge in [0.1, 0.15) is 5.75 Å². The second-order valence-corrected chi connectivity index (χ2v) is 4.67. The molecule has 2 aromatic carbocycles. The van der Waals surface area contributed by atoms with Crippen LogP contribution in [0.3, 0.4) is 0 Å². The van der Waals surface area contributed by atoms with Crippen molar-refractivity contribution in [3.05, 3.63) is 78.0 Å². The zero-order valence-corrected chi connectivity index (χ0v) is 11.2. The number of phenolic OH excluding ortho intramolecular Hbond substituents is 1. The van der Waals surface area contributed by atoms with Gasteiger partial charge < -0.3 is 5.11 Å². The van der Waals surface area contributed by atoms with Gasteiger partial charge in [0, 0.05) is 17.1 Å². The van der Waals surface area contributed by atoms with E-state index in [0.29, 0.717) is 11.1 Å². The monoisotopic (exact) mass is 275 g/mol. The zero-order valence-electron chi connectivity index (χ0n) is 11.2. The third kappa shape index (κ3) is 2.82. The number of rotatable bonds is 3. The van der Waals surface area contributed by atoms with Crippen LogP contribution in [-0.2, 0) is 0 Å². The normalized spacial score (nSPS) is 11.0. The van der Waals surface area contributed by atoms with Gasteiger partial charge in [-0.15, -0.1) is 0 Å². The van der Waals surface area contributed by atoms with E-state index in [-0.39, 0.29) is 11.5 Å². The van der Waals surface area contributed by atoms with Crippen molar-refractivity contribution in [2.45, 2.75) is 0 Å². The van der Waals surface area contributed by atoms with Gasteiger partial charge in [0.2, 0.25) is 0 Å². The third-order valence-electron chi connectivity index (χ3n) is 3.22. The van der Waals surface area contributed by atoms with E-state index in [4.69, 9.17) is 0 Å². The molecule has 0 atom stereocenters. The van der Waals surface area contributed by atoms with E-state index in [0.717, 1.165) is 10.9 Å². The molecule has 3 heteroatoms. The van der Waals surface area contributed by atoms with Crippen molar-refractivity contribution in [2.24, 2.45) is 0 Å². The number of hydrogen-bond donors (Lipinski definition) is 1. The number of allylic oxidation sites excluding steroid dienone is 1. The summed E-state index contributed by atoms with van der Waals surface area (Å²) in [6.45, 7) is 0. The molecule has 1 N–H and O–H groups in total. The minimum Gasteiger partial charge on any atom is -0.508 e. The fraction of sp³-hybridized carbons (Fsp3) is 0. The molecule has 0 amide bonds. The standard InChI is InChI=1S/C18H13NO2/c20-15-9-6-13(7-10-15)8-11-17(21)16-5-1-3-14-4-2-12-19-18(14)16/h1-12,20H/b11-8+. The van der Waals surface area contributed by atoms with Crippen molar-refractivity contribution < 1.29 is 9.90 Å². The number of pyridine rings is 1. The average Bonchev–Trinajstić information content (AvgIpc) is 2.53. The zero-order chi connectivity index (χ0) is 14.7. The number of carbonyl (C=O) groups is 1. The summed E-state index contributed by atoms with van der Waals surface area (Å²) < 4.78 is 0. The summed E-state index contributed by atoms with van der Waals surface area (Å²) in [5, 5.41) is 10.2. The molecular formula is C18H13NO2. The number of aromatic hydroxyl groups is 1. The van der Waals surface area contributed by atoms with Gasteiger partial charge in [-0.25, -0.2) is 0 Å². The summed E-state index contributed by atoms with van der Waals surface area (Å²) >= 11 is 0. The van der Waals surface area contributed by atoms with Crippen LogP contribution in [0.15, 0.2) is 66.9 Å². The Morgan fingerprint density at radius 2 is 1.76 bits per heavy atom. The predicted molar refractivity (Wildman–Crippen MR) is 83.2 cm³/mol. The van der Waals surface area contributed by atoms with Crippen LogP contribution in [0.1, 0.15) is 15.9 Å². The first-order valence-electron chi connectivity index (χ1n) is 6.59. The van der Waals surface area contributed by atoms with E-state index in [9.17, 15) is 9.90 Å². The van der Waals surface area contributed by atoms with Crippen LogP contribution >= 0.6 is 0 Å². The van der Waals surface area contributed by atoms with Crippen LogP contribution in [-0.4, -0.2) is 15.9 Å². The molecule has 3 aromatic rings. The Hall–Kier alpha value is -2.94. The maximum absolute atomic E-state index is 12.3. The van der Waals surface area contributed by atoms with Crippen LogP contribution in [0.2, 0.25) is 0 Å². The fourth-order valence-electron chi connectivity index (χ4n) is 2.15. The molecule has 0 aliphatic carbocycles. The van der Waals surface area contributed by atoms with Gasteiger partial charge in [0.25, 0.3) is 0 Å². The summed E-state index contributed by atoms with van der Waals surface area (Å²) in [6, 6.07) is 16.0. The molecule has 0 saturated carbocycles.